The zero-order valence-corrected chi connectivity index (χ0v) is 16.8. The minimum atomic E-state index is -2.86. The van der Waals surface area contributed by atoms with Crippen LogP contribution in [-0.2, 0) is 17.2 Å². The Labute approximate surface area is 173 Å². The molecule has 0 saturated carbocycles. The normalized spacial score (nSPS) is 15.3. The SMILES string of the molecule is CC(F)(F)c1ccc(Nc2ccccc2-c2nnn(CCN3CCOCC3)n2)cc1. The molecule has 1 N–H and O–H groups in total. The van der Waals surface area contributed by atoms with E-state index in [1.807, 2.05) is 24.3 Å². The summed E-state index contributed by atoms with van der Waals surface area (Å²) in [6.07, 6.45) is 0. The topological polar surface area (TPSA) is 68.1 Å². The Balaban J connectivity index is 1.46. The van der Waals surface area contributed by atoms with Gasteiger partial charge in [0.2, 0.25) is 5.82 Å². The van der Waals surface area contributed by atoms with Crippen LogP contribution in [0.4, 0.5) is 20.2 Å². The van der Waals surface area contributed by atoms with E-state index in [1.165, 1.54) is 12.1 Å². The maximum Gasteiger partial charge on any atom is 0.270 e. The molecule has 1 fully saturated rings. The molecule has 1 aliphatic rings. The largest absolute Gasteiger partial charge is 0.379 e. The van der Waals surface area contributed by atoms with Crippen LogP contribution >= 0.6 is 0 Å². The monoisotopic (exact) mass is 414 g/mol. The highest BCUT2D eigenvalue weighted by atomic mass is 19.3. The lowest BCUT2D eigenvalue weighted by Gasteiger charge is -2.25. The first-order valence-corrected chi connectivity index (χ1v) is 9.92. The van der Waals surface area contributed by atoms with Gasteiger partial charge in [-0.05, 0) is 29.5 Å². The van der Waals surface area contributed by atoms with Gasteiger partial charge in [-0.25, -0.2) is 8.78 Å². The van der Waals surface area contributed by atoms with E-state index < -0.39 is 5.92 Å². The minimum Gasteiger partial charge on any atom is -0.379 e. The van der Waals surface area contributed by atoms with Crippen molar-refractivity contribution in [3.8, 4) is 11.4 Å². The molecule has 7 nitrogen and oxygen atoms in total. The van der Waals surface area contributed by atoms with E-state index in [4.69, 9.17) is 4.74 Å². The molecule has 0 aliphatic carbocycles. The standard InChI is InChI=1S/C21H24F2N6O/c1-21(22,23)16-6-8-17(9-7-16)24-19-5-3-2-4-18(19)20-25-27-29(26-20)11-10-28-12-14-30-15-13-28/h2-9,24H,10-15H2,1H3. The minimum absolute atomic E-state index is 0.0220. The number of morpholine rings is 1. The number of anilines is 2. The van der Waals surface area contributed by atoms with Gasteiger partial charge >= 0.3 is 0 Å². The van der Waals surface area contributed by atoms with Crippen molar-refractivity contribution < 1.29 is 13.5 Å². The Bertz CT molecular complexity index is 964. The Hall–Kier alpha value is -2.91. The average molecular weight is 414 g/mol. The van der Waals surface area contributed by atoms with Gasteiger partial charge in [0, 0.05) is 49.1 Å². The second-order valence-corrected chi connectivity index (χ2v) is 7.30. The molecular formula is C21H24F2N6O. The summed E-state index contributed by atoms with van der Waals surface area (Å²) < 4.78 is 32.2. The average Bonchev–Trinajstić information content (AvgIpc) is 3.22. The number of hydrogen-bond donors (Lipinski definition) is 1. The summed E-state index contributed by atoms with van der Waals surface area (Å²) in [5, 5.41) is 16.1. The van der Waals surface area contributed by atoms with Crippen LogP contribution in [0.3, 0.4) is 0 Å². The van der Waals surface area contributed by atoms with Crippen LogP contribution in [0.2, 0.25) is 0 Å². The van der Waals surface area contributed by atoms with Crippen LogP contribution < -0.4 is 5.32 Å². The van der Waals surface area contributed by atoms with Gasteiger partial charge in [-0.3, -0.25) is 4.90 Å². The number of halogens is 2. The first-order valence-electron chi connectivity index (χ1n) is 9.92. The van der Waals surface area contributed by atoms with Crippen LogP contribution in [0.15, 0.2) is 48.5 Å². The van der Waals surface area contributed by atoms with Crippen molar-refractivity contribution in [1.29, 1.82) is 0 Å². The molecule has 0 unspecified atom stereocenters. The molecule has 9 heteroatoms. The van der Waals surface area contributed by atoms with Gasteiger partial charge in [0.25, 0.3) is 5.92 Å². The highest BCUT2D eigenvalue weighted by molar-refractivity contribution is 5.77. The summed E-state index contributed by atoms with van der Waals surface area (Å²) in [5.41, 5.74) is 2.25. The van der Waals surface area contributed by atoms with E-state index in [-0.39, 0.29) is 5.56 Å². The second-order valence-electron chi connectivity index (χ2n) is 7.30. The predicted molar refractivity (Wildman–Crippen MR) is 110 cm³/mol. The fraction of sp³-hybridized carbons (Fsp3) is 0.381. The molecule has 2 aromatic carbocycles. The predicted octanol–water partition coefficient (Wildman–Crippen LogP) is 3.53. The Morgan fingerprint density at radius 1 is 1.03 bits per heavy atom. The fourth-order valence-electron chi connectivity index (χ4n) is 3.29. The lowest BCUT2D eigenvalue weighted by Crippen LogP contribution is -2.38. The Morgan fingerprint density at radius 2 is 1.77 bits per heavy atom. The zero-order valence-electron chi connectivity index (χ0n) is 16.8. The number of hydrogen-bond acceptors (Lipinski definition) is 6. The molecular weight excluding hydrogens is 390 g/mol. The molecule has 2 heterocycles. The smallest absolute Gasteiger partial charge is 0.270 e. The second kappa shape index (κ2) is 8.85. The molecule has 1 aliphatic heterocycles. The van der Waals surface area contributed by atoms with Gasteiger partial charge in [-0.2, -0.15) is 4.80 Å². The van der Waals surface area contributed by atoms with E-state index in [0.717, 1.165) is 51.0 Å². The van der Waals surface area contributed by atoms with Crippen LogP contribution in [-0.4, -0.2) is 58.0 Å². The zero-order chi connectivity index (χ0) is 21.0. The van der Waals surface area contributed by atoms with Gasteiger partial charge in [0.15, 0.2) is 0 Å². The molecule has 0 spiro atoms. The summed E-state index contributed by atoms with van der Waals surface area (Å²) >= 11 is 0. The molecule has 30 heavy (non-hydrogen) atoms. The van der Waals surface area contributed by atoms with Gasteiger partial charge in [-0.15, -0.1) is 10.2 Å². The van der Waals surface area contributed by atoms with Crippen molar-refractivity contribution in [2.75, 3.05) is 38.2 Å². The fourth-order valence-corrected chi connectivity index (χ4v) is 3.29. The summed E-state index contributed by atoms with van der Waals surface area (Å²) in [4.78, 5) is 3.91. The first kappa shape index (κ1) is 20.4. The molecule has 3 aromatic rings. The van der Waals surface area contributed by atoms with Crippen molar-refractivity contribution in [3.05, 3.63) is 54.1 Å². The lowest BCUT2D eigenvalue weighted by molar-refractivity contribution is 0.0175. The summed E-state index contributed by atoms with van der Waals surface area (Å²) in [7, 11) is 0. The third kappa shape index (κ3) is 4.98. The quantitative estimate of drug-likeness (QED) is 0.638. The Kier molecular flexibility index (Phi) is 6.01. The van der Waals surface area contributed by atoms with Crippen molar-refractivity contribution in [1.82, 2.24) is 25.1 Å². The van der Waals surface area contributed by atoms with Gasteiger partial charge in [-0.1, -0.05) is 24.3 Å². The van der Waals surface area contributed by atoms with E-state index in [1.54, 1.807) is 16.9 Å². The number of ether oxygens (including phenoxy) is 1. The molecule has 1 aromatic heterocycles. The lowest BCUT2D eigenvalue weighted by atomic mass is 10.1. The molecule has 0 atom stereocenters. The van der Waals surface area contributed by atoms with Crippen molar-refractivity contribution in [2.24, 2.45) is 0 Å². The van der Waals surface area contributed by atoms with Crippen molar-refractivity contribution in [3.63, 3.8) is 0 Å². The van der Waals surface area contributed by atoms with Crippen LogP contribution in [0.5, 0.6) is 0 Å². The molecule has 158 valence electrons. The number of tetrazole rings is 1. The molecule has 0 radical (unpaired) electrons. The first-order chi connectivity index (χ1) is 14.5. The number of nitrogens with zero attached hydrogens (tertiary/aromatic N) is 5. The van der Waals surface area contributed by atoms with Crippen LogP contribution in [0.1, 0.15) is 12.5 Å². The summed E-state index contributed by atoms with van der Waals surface area (Å²) in [6, 6.07) is 13.7. The summed E-state index contributed by atoms with van der Waals surface area (Å²) in [5.74, 6) is -2.35. The number of nitrogens with one attached hydrogen (secondary N) is 1. The van der Waals surface area contributed by atoms with E-state index in [0.29, 0.717) is 18.1 Å². The number of alkyl halides is 2. The third-order valence-electron chi connectivity index (χ3n) is 5.01. The third-order valence-corrected chi connectivity index (χ3v) is 5.01. The maximum absolute atomic E-state index is 13.4. The number of aromatic nitrogens is 4. The highest BCUT2D eigenvalue weighted by Gasteiger charge is 2.23. The molecule has 0 amide bonds. The van der Waals surface area contributed by atoms with E-state index in [2.05, 4.69) is 25.6 Å². The molecule has 4 rings (SSSR count). The maximum atomic E-state index is 13.4. The van der Waals surface area contributed by atoms with Crippen molar-refractivity contribution in [2.45, 2.75) is 19.4 Å². The van der Waals surface area contributed by atoms with Gasteiger partial charge in [0.05, 0.1) is 19.8 Å². The summed E-state index contributed by atoms with van der Waals surface area (Å²) in [6.45, 7) is 5.72. The van der Waals surface area contributed by atoms with Crippen LogP contribution in [0, 0.1) is 0 Å². The van der Waals surface area contributed by atoms with E-state index in [9.17, 15) is 8.78 Å². The van der Waals surface area contributed by atoms with Crippen molar-refractivity contribution >= 4 is 11.4 Å². The molecule has 1 saturated heterocycles. The number of benzene rings is 2. The van der Waals surface area contributed by atoms with Gasteiger partial charge < -0.3 is 10.1 Å². The number of rotatable bonds is 7. The highest BCUT2D eigenvalue weighted by Crippen LogP contribution is 2.30. The number of para-hydroxylation sites is 1. The molecule has 0 bridgehead atoms. The van der Waals surface area contributed by atoms with Gasteiger partial charge in [0.1, 0.15) is 0 Å². The van der Waals surface area contributed by atoms with E-state index >= 15 is 0 Å². The Morgan fingerprint density at radius 3 is 2.50 bits per heavy atom. The van der Waals surface area contributed by atoms with Crippen LogP contribution in [0.25, 0.3) is 11.4 Å².